The predicted molar refractivity (Wildman–Crippen MR) is 108 cm³/mol. The van der Waals surface area contributed by atoms with Gasteiger partial charge < -0.3 is 10.3 Å². The Bertz CT molecular complexity index is 1340. The van der Waals surface area contributed by atoms with Gasteiger partial charge in [-0.1, -0.05) is 17.4 Å². The normalized spacial score (nSPS) is 14.1. The molecular formula is C19H15N7OS. The lowest BCUT2D eigenvalue weighted by molar-refractivity contribution is -0.117. The summed E-state index contributed by atoms with van der Waals surface area (Å²) in [6, 6.07) is 8.28. The Hall–Kier alpha value is -3.46. The van der Waals surface area contributed by atoms with Gasteiger partial charge in [0.1, 0.15) is 11.0 Å². The van der Waals surface area contributed by atoms with E-state index in [0.717, 1.165) is 45.5 Å². The van der Waals surface area contributed by atoms with Crippen molar-refractivity contribution in [3.05, 3.63) is 43.0 Å². The van der Waals surface area contributed by atoms with E-state index in [9.17, 15) is 4.79 Å². The van der Waals surface area contributed by atoms with Crippen molar-refractivity contribution in [3.8, 4) is 17.1 Å². The molecule has 0 radical (unpaired) electrons. The molecule has 28 heavy (non-hydrogen) atoms. The number of carbonyl (C=O) groups is 1. The molecule has 1 saturated carbocycles. The number of aromatic amines is 2. The van der Waals surface area contributed by atoms with Gasteiger partial charge >= 0.3 is 0 Å². The van der Waals surface area contributed by atoms with Crippen molar-refractivity contribution in [2.45, 2.75) is 12.8 Å². The smallest absolute Gasteiger partial charge is 0.229 e. The fourth-order valence-corrected chi connectivity index (χ4v) is 4.27. The summed E-state index contributed by atoms with van der Waals surface area (Å²) in [5, 5.41) is 12.0. The Balaban J connectivity index is 1.41. The average molecular weight is 389 g/mol. The van der Waals surface area contributed by atoms with Gasteiger partial charge in [0.15, 0.2) is 16.6 Å². The summed E-state index contributed by atoms with van der Waals surface area (Å²) < 4.78 is 2.82. The predicted octanol–water partition coefficient (Wildman–Crippen LogP) is 3.70. The van der Waals surface area contributed by atoms with Crippen LogP contribution < -0.4 is 5.32 Å². The van der Waals surface area contributed by atoms with Crippen LogP contribution in [0.5, 0.6) is 0 Å². The number of rotatable bonds is 4. The summed E-state index contributed by atoms with van der Waals surface area (Å²) in [5.41, 5.74) is 3.74. The quantitative estimate of drug-likeness (QED) is 0.436. The molecule has 1 aromatic carbocycles. The molecule has 0 atom stereocenters. The fraction of sp³-hybridized carbons (Fsp3) is 0.158. The van der Waals surface area contributed by atoms with Crippen LogP contribution in [-0.4, -0.2) is 35.6 Å². The second-order valence-electron chi connectivity index (χ2n) is 6.94. The SMILES string of the molecule is O=C(Nc1nc2[nH]nc(-n3cncc3-c3ccc4[nH]ccc4c3)c2s1)C1CC1. The highest BCUT2D eigenvalue weighted by Gasteiger charge is 2.30. The van der Waals surface area contributed by atoms with E-state index in [2.05, 4.69) is 48.7 Å². The van der Waals surface area contributed by atoms with E-state index in [-0.39, 0.29) is 11.8 Å². The molecule has 8 nitrogen and oxygen atoms in total. The number of hydrogen-bond acceptors (Lipinski definition) is 5. The molecule has 4 heterocycles. The van der Waals surface area contributed by atoms with Crippen LogP contribution in [0.25, 0.3) is 38.3 Å². The molecule has 3 N–H and O–H groups in total. The zero-order valence-electron chi connectivity index (χ0n) is 14.6. The van der Waals surface area contributed by atoms with Gasteiger partial charge in [0.2, 0.25) is 5.91 Å². The number of aromatic nitrogens is 6. The van der Waals surface area contributed by atoms with Gasteiger partial charge in [-0.3, -0.25) is 14.5 Å². The molecule has 0 bridgehead atoms. The second-order valence-corrected chi connectivity index (χ2v) is 7.94. The van der Waals surface area contributed by atoms with Crippen LogP contribution in [0.15, 0.2) is 43.0 Å². The van der Waals surface area contributed by atoms with Gasteiger partial charge in [0.05, 0.1) is 11.9 Å². The lowest BCUT2D eigenvalue weighted by Crippen LogP contribution is -2.12. The number of anilines is 1. The van der Waals surface area contributed by atoms with E-state index in [0.29, 0.717) is 10.8 Å². The third kappa shape index (κ3) is 2.43. The summed E-state index contributed by atoms with van der Waals surface area (Å²) in [6.07, 6.45) is 7.43. The van der Waals surface area contributed by atoms with Crippen LogP contribution >= 0.6 is 11.3 Å². The zero-order valence-corrected chi connectivity index (χ0v) is 15.5. The number of fused-ring (bicyclic) bond motifs is 2. The number of carbonyl (C=O) groups excluding carboxylic acids is 1. The van der Waals surface area contributed by atoms with Crippen LogP contribution in [0.1, 0.15) is 12.8 Å². The highest BCUT2D eigenvalue weighted by Crippen LogP contribution is 2.34. The average Bonchev–Trinajstić information content (AvgIpc) is 3.05. The first kappa shape index (κ1) is 15.6. The van der Waals surface area contributed by atoms with E-state index >= 15 is 0 Å². The fourth-order valence-electron chi connectivity index (χ4n) is 3.36. The van der Waals surface area contributed by atoms with Crippen LogP contribution in [0.4, 0.5) is 5.13 Å². The number of nitrogens with one attached hydrogen (secondary N) is 3. The molecular weight excluding hydrogens is 374 g/mol. The maximum Gasteiger partial charge on any atom is 0.229 e. The largest absolute Gasteiger partial charge is 0.361 e. The third-order valence-corrected chi connectivity index (χ3v) is 5.96. The minimum Gasteiger partial charge on any atom is -0.361 e. The first-order valence-corrected chi connectivity index (χ1v) is 9.84. The number of nitrogens with zero attached hydrogens (tertiary/aromatic N) is 4. The van der Waals surface area contributed by atoms with Crippen molar-refractivity contribution in [2.24, 2.45) is 5.92 Å². The maximum absolute atomic E-state index is 12.0. The van der Waals surface area contributed by atoms with E-state index < -0.39 is 0 Å². The molecule has 6 rings (SSSR count). The van der Waals surface area contributed by atoms with Crippen molar-refractivity contribution in [3.63, 3.8) is 0 Å². The molecule has 1 fully saturated rings. The molecule has 0 spiro atoms. The van der Waals surface area contributed by atoms with Crippen LogP contribution in [0, 0.1) is 5.92 Å². The Labute approximate surface area is 162 Å². The summed E-state index contributed by atoms with van der Waals surface area (Å²) in [6.45, 7) is 0. The second kappa shape index (κ2) is 5.77. The molecule has 4 aromatic heterocycles. The number of thiazole rings is 1. The molecule has 0 saturated heterocycles. The zero-order chi connectivity index (χ0) is 18.7. The van der Waals surface area contributed by atoms with Crippen LogP contribution in [0.3, 0.4) is 0 Å². The Kier molecular flexibility index (Phi) is 3.21. The van der Waals surface area contributed by atoms with Gasteiger partial charge in [-0.15, -0.1) is 0 Å². The lowest BCUT2D eigenvalue weighted by Gasteiger charge is -2.05. The van der Waals surface area contributed by atoms with Crippen molar-refractivity contribution >= 4 is 43.6 Å². The molecule has 1 amide bonds. The van der Waals surface area contributed by atoms with Gasteiger partial charge in [0.25, 0.3) is 0 Å². The first-order chi connectivity index (χ1) is 13.8. The lowest BCUT2D eigenvalue weighted by atomic mass is 10.1. The van der Waals surface area contributed by atoms with E-state index in [4.69, 9.17) is 0 Å². The number of amides is 1. The van der Waals surface area contributed by atoms with Gasteiger partial charge in [-0.05, 0) is 31.0 Å². The van der Waals surface area contributed by atoms with E-state index in [1.807, 2.05) is 23.0 Å². The standard InChI is InChI=1S/C19H15N7OS/c27-18(10-1-2-10)23-19-22-16-15(28-19)17(25-24-16)26-9-20-8-14(26)12-3-4-13-11(7-12)5-6-21-13/h3-10,21H,1-2H2,(H2,22,23,24,25,27). The number of H-pyrrole nitrogens is 2. The highest BCUT2D eigenvalue weighted by molar-refractivity contribution is 7.22. The van der Waals surface area contributed by atoms with Gasteiger partial charge in [-0.25, -0.2) is 9.97 Å². The molecule has 1 aliphatic rings. The summed E-state index contributed by atoms with van der Waals surface area (Å²) >= 11 is 1.42. The van der Waals surface area contributed by atoms with Crippen molar-refractivity contribution in [1.29, 1.82) is 0 Å². The van der Waals surface area contributed by atoms with E-state index in [1.54, 1.807) is 6.33 Å². The minimum absolute atomic E-state index is 0.0500. The molecule has 138 valence electrons. The Morgan fingerprint density at radius 2 is 2.21 bits per heavy atom. The third-order valence-electron chi connectivity index (χ3n) is 4.99. The topological polar surface area (TPSA) is 104 Å². The Morgan fingerprint density at radius 3 is 3.11 bits per heavy atom. The number of hydrogen-bond donors (Lipinski definition) is 3. The molecule has 0 unspecified atom stereocenters. The van der Waals surface area contributed by atoms with Crippen molar-refractivity contribution in [1.82, 2.24) is 29.7 Å². The molecule has 1 aliphatic carbocycles. The monoisotopic (exact) mass is 389 g/mol. The minimum atomic E-state index is 0.0500. The maximum atomic E-state index is 12.0. The van der Waals surface area contributed by atoms with E-state index in [1.165, 1.54) is 11.3 Å². The molecule has 9 heteroatoms. The summed E-state index contributed by atoms with van der Waals surface area (Å²) in [5.74, 6) is 0.915. The van der Waals surface area contributed by atoms with Gasteiger partial charge in [0, 0.05) is 28.6 Å². The molecule has 5 aromatic rings. The van der Waals surface area contributed by atoms with Crippen molar-refractivity contribution < 1.29 is 4.79 Å². The first-order valence-electron chi connectivity index (χ1n) is 9.02. The van der Waals surface area contributed by atoms with Crippen LogP contribution in [-0.2, 0) is 4.79 Å². The number of benzene rings is 1. The highest BCUT2D eigenvalue weighted by atomic mass is 32.1. The molecule has 0 aliphatic heterocycles. The van der Waals surface area contributed by atoms with Crippen molar-refractivity contribution in [2.75, 3.05) is 5.32 Å². The number of imidazole rings is 1. The Morgan fingerprint density at radius 1 is 1.29 bits per heavy atom. The van der Waals surface area contributed by atoms with Gasteiger partial charge in [-0.2, -0.15) is 5.10 Å². The summed E-state index contributed by atoms with van der Waals surface area (Å²) in [4.78, 5) is 24.0. The van der Waals surface area contributed by atoms with Crippen LogP contribution in [0.2, 0.25) is 0 Å². The summed E-state index contributed by atoms with van der Waals surface area (Å²) in [7, 11) is 0.